The molecule has 1 heterocycles. The average molecular weight is 274 g/mol. The summed E-state index contributed by atoms with van der Waals surface area (Å²) in [6.45, 7) is 2.81. The summed E-state index contributed by atoms with van der Waals surface area (Å²) in [4.78, 5) is 0. The summed E-state index contributed by atoms with van der Waals surface area (Å²) in [5.41, 5.74) is 6.38. The Labute approximate surface area is 96.1 Å². The van der Waals surface area contributed by atoms with Crippen LogP contribution in [0.4, 0.5) is 0 Å². The summed E-state index contributed by atoms with van der Waals surface area (Å²) < 4.78 is 11.3. The van der Waals surface area contributed by atoms with Crippen molar-refractivity contribution in [2.45, 2.75) is 13.0 Å². The number of phenols is 1. The second-order valence-corrected chi connectivity index (χ2v) is 4.23. The molecule has 15 heavy (non-hydrogen) atoms. The molecule has 0 spiro atoms. The monoisotopic (exact) mass is 273 g/mol. The van der Waals surface area contributed by atoms with Crippen LogP contribution in [0.3, 0.4) is 0 Å². The van der Waals surface area contributed by atoms with Crippen molar-refractivity contribution in [3.63, 3.8) is 0 Å². The molecule has 0 saturated heterocycles. The average Bonchev–Trinajstić information content (AvgIpc) is 2.23. The van der Waals surface area contributed by atoms with Gasteiger partial charge in [0.05, 0.1) is 0 Å². The summed E-state index contributed by atoms with van der Waals surface area (Å²) in [6, 6.07) is 1.47. The maximum absolute atomic E-state index is 9.86. The molecule has 1 aliphatic rings. The predicted octanol–water partition coefficient (Wildman–Crippen LogP) is 1.95. The molecule has 1 aromatic rings. The molecule has 0 amide bonds. The summed E-state index contributed by atoms with van der Waals surface area (Å²) in [6.07, 6.45) is 0. The maximum atomic E-state index is 9.86. The Kier molecular flexibility index (Phi) is 2.75. The molecule has 0 saturated carbocycles. The molecular formula is C10H12BrNO3. The molecular weight excluding hydrogens is 262 g/mol. The summed E-state index contributed by atoms with van der Waals surface area (Å²) >= 11 is 3.27. The number of halogens is 1. The molecule has 0 aliphatic carbocycles. The van der Waals surface area contributed by atoms with Gasteiger partial charge in [0.25, 0.3) is 0 Å². The molecule has 1 aliphatic heterocycles. The van der Waals surface area contributed by atoms with E-state index in [-0.39, 0.29) is 11.8 Å². The van der Waals surface area contributed by atoms with Gasteiger partial charge in [-0.05, 0) is 28.9 Å². The molecule has 0 radical (unpaired) electrons. The first-order chi connectivity index (χ1) is 7.11. The lowest BCUT2D eigenvalue weighted by molar-refractivity contribution is 0.169. The minimum Gasteiger partial charge on any atom is -0.506 e. The molecule has 0 fully saturated rings. The van der Waals surface area contributed by atoms with Gasteiger partial charge in [0.15, 0.2) is 11.5 Å². The Morgan fingerprint density at radius 3 is 2.80 bits per heavy atom. The molecule has 4 nitrogen and oxygen atoms in total. The lowest BCUT2D eigenvalue weighted by Gasteiger charge is -2.22. The van der Waals surface area contributed by atoms with E-state index < -0.39 is 0 Å². The first kappa shape index (κ1) is 10.6. The van der Waals surface area contributed by atoms with Crippen molar-refractivity contribution in [1.82, 2.24) is 0 Å². The third-order valence-electron chi connectivity index (χ3n) is 2.27. The Bertz CT molecular complexity index is 393. The second kappa shape index (κ2) is 3.90. The van der Waals surface area contributed by atoms with Gasteiger partial charge in [-0.15, -0.1) is 0 Å². The van der Waals surface area contributed by atoms with Crippen LogP contribution in [0.25, 0.3) is 0 Å². The largest absolute Gasteiger partial charge is 0.506 e. The van der Waals surface area contributed by atoms with E-state index >= 15 is 0 Å². The van der Waals surface area contributed by atoms with Crippen LogP contribution >= 0.6 is 15.9 Å². The normalized spacial score (nSPS) is 16.2. The third kappa shape index (κ3) is 1.77. The van der Waals surface area contributed by atoms with Gasteiger partial charge in [0.1, 0.15) is 23.4 Å². The highest BCUT2D eigenvalue weighted by Gasteiger charge is 2.22. The number of phenolic OH excluding ortho intramolecular Hbond substituents is 1. The zero-order valence-corrected chi connectivity index (χ0v) is 9.87. The molecule has 0 aromatic heterocycles. The van der Waals surface area contributed by atoms with Gasteiger partial charge >= 0.3 is 0 Å². The molecule has 1 aromatic carbocycles. The molecule has 5 heteroatoms. The number of benzene rings is 1. The van der Waals surface area contributed by atoms with Crippen molar-refractivity contribution in [3.8, 4) is 17.2 Å². The van der Waals surface area contributed by atoms with Crippen LogP contribution < -0.4 is 15.2 Å². The smallest absolute Gasteiger partial charge is 0.179 e. The van der Waals surface area contributed by atoms with E-state index in [1.54, 1.807) is 13.0 Å². The van der Waals surface area contributed by atoms with Crippen LogP contribution in [0, 0.1) is 0 Å². The summed E-state index contributed by atoms with van der Waals surface area (Å²) in [7, 11) is 0. The zero-order valence-electron chi connectivity index (χ0n) is 8.29. The van der Waals surface area contributed by atoms with E-state index in [0.29, 0.717) is 34.7 Å². The van der Waals surface area contributed by atoms with Gasteiger partial charge in [-0.2, -0.15) is 0 Å². The van der Waals surface area contributed by atoms with E-state index in [9.17, 15) is 5.11 Å². The fraction of sp³-hybridized carbons (Fsp3) is 0.400. The van der Waals surface area contributed by atoms with E-state index in [2.05, 4.69) is 15.9 Å². The minimum atomic E-state index is -0.253. The number of nitrogens with two attached hydrogens (primary N) is 1. The molecule has 1 unspecified atom stereocenters. The van der Waals surface area contributed by atoms with Crippen molar-refractivity contribution in [1.29, 1.82) is 0 Å². The minimum absolute atomic E-state index is 0.120. The van der Waals surface area contributed by atoms with Gasteiger partial charge in [-0.3, -0.25) is 0 Å². The number of fused-ring (bicyclic) bond motifs is 1. The first-order valence-corrected chi connectivity index (χ1v) is 5.47. The van der Waals surface area contributed by atoms with Gasteiger partial charge in [0, 0.05) is 11.6 Å². The van der Waals surface area contributed by atoms with Crippen molar-refractivity contribution >= 4 is 15.9 Å². The van der Waals surface area contributed by atoms with Gasteiger partial charge in [-0.25, -0.2) is 0 Å². The molecule has 0 bridgehead atoms. The van der Waals surface area contributed by atoms with Crippen LogP contribution in [0.2, 0.25) is 0 Å². The topological polar surface area (TPSA) is 64.7 Å². The SMILES string of the molecule is CC(N)c1cc2c(c(Br)c1O)OCCO2. The number of rotatable bonds is 1. The fourth-order valence-electron chi connectivity index (χ4n) is 1.50. The van der Waals surface area contributed by atoms with Gasteiger partial charge in [-0.1, -0.05) is 0 Å². The van der Waals surface area contributed by atoms with Gasteiger partial charge in [0.2, 0.25) is 0 Å². The zero-order chi connectivity index (χ0) is 11.0. The predicted molar refractivity (Wildman–Crippen MR) is 59.4 cm³/mol. The first-order valence-electron chi connectivity index (χ1n) is 4.67. The van der Waals surface area contributed by atoms with E-state index in [1.165, 1.54) is 0 Å². The van der Waals surface area contributed by atoms with Crippen molar-refractivity contribution in [2.75, 3.05) is 13.2 Å². The lowest BCUT2D eigenvalue weighted by Crippen LogP contribution is -2.17. The van der Waals surface area contributed by atoms with Crippen LogP contribution in [0.5, 0.6) is 17.2 Å². The summed E-state index contributed by atoms with van der Waals surface area (Å²) in [5.74, 6) is 1.29. The van der Waals surface area contributed by atoms with Crippen molar-refractivity contribution in [3.05, 3.63) is 16.1 Å². The standard InChI is InChI=1S/C10H12BrNO3/c1-5(12)6-4-7-10(8(11)9(6)13)15-3-2-14-7/h4-5,13H,2-3,12H2,1H3. The lowest BCUT2D eigenvalue weighted by atomic mass is 10.1. The Hall–Kier alpha value is -0.940. The number of ether oxygens (including phenoxy) is 2. The third-order valence-corrected chi connectivity index (χ3v) is 3.00. The van der Waals surface area contributed by atoms with Gasteiger partial charge < -0.3 is 20.3 Å². The number of hydrogen-bond donors (Lipinski definition) is 2. The Balaban J connectivity index is 2.57. The van der Waals surface area contributed by atoms with E-state index in [0.717, 1.165) is 0 Å². The molecule has 2 rings (SSSR count). The highest BCUT2D eigenvalue weighted by Crippen LogP contribution is 2.46. The van der Waals surface area contributed by atoms with Crippen LogP contribution in [-0.2, 0) is 0 Å². The fourth-order valence-corrected chi connectivity index (χ4v) is 2.04. The molecule has 3 N–H and O–H groups in total. The van der Waals surface area contributed by atoms with Crippen LogP contribution in [-0.4, -0.2) is 18.3 Å². The van der Waals surface area contributed by atoms with Crippen molar-refractivity contribution in [2.24, 2.45) is 5.73 Å². The number of aromatic hydroxyl groups is 1. The molecule has 82 valence electrons. The highest BCUT2D eigenvalue weighted by molar-refractivity contribution is 9.10. The van der Waals surface area contributed by atoms with Crippen molar-refractivity contribution < 1.29 is 14.6 Å². The summed E-state index contributed by atoms with van der Waals surface area (Å²) in [5, 5.41) is 9.86. The van der Waals surface area contributed by atoms with Crippen LogP contribution in [0.15, 0.2) is 10.5 Å². The highest BCUT2D eigenvalue weighted by atomic mass is 79.9. The maximum Gasteiger partial charge on any atom is 0.179 e. The Morgan fingerprint density at radius 1 is 1.47 bits per heavy atom. The van der Waals surface area contributed by atoms with Crippen LogP contribution in [0.1, 0.15) is 18.5 Å². The Morgan fingerprint density at radius 2 is 2.13 bits per heavy atom. The second-order valence-electron chi connectivity index (χ2n) is 3.44. The number of hydrogen-bond acceptors (Lipinski definition) is 4. The molecule has 1 atom stereocenters. The quantitative estimate of drug-likeness (QED) is 0.821. The van der Waals surface area contributed by atoms with E-state index in [4.69, 9.17) is 15.2 Å². The van der Waals surface area contributed by atoms with E-state index in [1.807, 2.05) is 0 Å².